The van der Waals surface area contributed by atoms with E-state index in [4.69, 9.17) is 9.84 Å². The third-order valence-electron chi connectivity index (χ3n) is 2.51. The van der Waals surface area contributed by atoms with Gasteiger partial charge in [0.25, 0.3) is 0 Å². The van der Waals surface area contributed by atoms with Crippen LogP contribution in [0.5, 0.6) is 0 Å². The van der Waals surface area contributed by atoms with Crippen molar-refractivity contribution in [3.8, 4) is 0 Å². The SMILES string of the molecule is C=CCOC(=O)N(c1ccnc(C(=O)O)n1)C1CC1. The second-order valence-electron chi connectivity index (χ2n) is 4.01. The van der Waals surface area contributed by atoms with Gasteiger partial charge in [0, 0.05) is 12.2 Å². The summed E-state index contributed by atoms with van der Waals surface area (Å²) in [6, 6.07) is 1.49. The molecular formula is C12H13N3O4. The number of nitrogens with zero attached hydrogens (tertiary/aromatic N) is 3. The highest BCUT2D eigenvalue weighted by atomic mass is 16.6. The number of aromatic carboxylic acids is 1. The van der Waals surface area contributed by atoms with Crippen LogP contribution in [0.4, 0.5) is 10.6 Å². The summed E-state index contributed by atoms with van der Waals surface area (Å²) < 4.78 is 4.97. The molecule has 1 aliphatic rings. The summed E-state index contributed by atoms with van der Waals surface area (Å²) in [6.45, 7) is 3.56. The maximum Gasteiger partial charge on any atom is 0.416 e. The van der Waals surface area contributed by atoms with Gasteiger partial charge in [0.15, 0.2) is 0 Å². The third-order valence-corrected chi connectivity index (χ3v) is 2.51. The van der Waals surface area contributed by atoms with Crippen LogP contribution < -0.4 is 4.90 Å². The summed E-state index contributed by atoms with van der Waals surface area (Å²) in [5, 5.41) is 8.85. The van der Waals surface area contributed by atoms with E-state index < -0.39 is 12.1 Å². The normalized spacial score (nSPS) is 13.7. The summed E-state index contributed by atoms with van der Waals surface area (Å²) in [5.74, 6) is -1.35. The van der Waals surface area contributed by atoms with E-state index in [9.17, 15) is 9.59 Å². The monoisotopic (exact) mass is 263 g/mol. The van der Waals surface area contributed by atoms with Crippen LogP contribution in [0.15, 0.2) is 24.9 Å². The zero-order valence-corrected chi connectivity index (χ0v) is 10.2. The molecule has 7 heteroatoms. The lowest BCUT2D eigenvalue weighted by molar-refractivity contribution is 0.0683. The van der Waals surface area contributed by atoms with Gasteiger partial charge in [-0.3, -0.25) is 4.90 Å². The van der Waals surface area contributed by atoms with E-state index in [2.05, 4.69) is 16.5 Å². The van der Waals surface area contributed by atoms with Crippen LogP contribution in [0.25, 0.3) is 0 Å². The number of aromatic nitrogens is 2. The fourth-order valence-corrected chi connectivity index (χ4v) is 1.55. The van der Waals surface area contributed by atoms with Gasteiger partial charge in [0.05, 0.1) is 0 Å². The highest BCUT2D eigenvalue weighted by Crippen LogP contribution is 2.31. The average Bonchev–Trinajstić information content (AvgIpc) is 3.21. The highest BCUT2D eigenvalue weighted by Gasteiger charge is 2.36. The first-order chi connectivity index (χ1) is 9.13. The molecule has 1 saturated carbocycles. The van der Waals surface area contributed by atoms with Gasteiger partial charge in [0.1, 0.15) is 12.4 Å². The summed E-state index contributed by atoms with van der Waals surface area (Å²) in [6.07, 6.45) is 3.90. The van der Waals surface area contributed by atoms with Crippen molar-refractivity contribution in [2.24, 2.45) is 0 Å². The summed E-state index contributed by atoms with van der Waals surface area (Å²) in [5.41, 5.74) is 0. The Morgan fingerprint density at radius 1 is 1.58 bits per heavy atom. The first kappa shape index (κ1) is 13.0. The number of carboxylic acid groups (broad SMARTS) is 1. The number of carbonyl (C=O) groups is 2. The number of rotatable bonds is 5. The molecule has 1 heterocycles. The van der Waals surface area contributed by atoms with Gasteiger partial charge in [-0.2, -0.15) is 0 Å². The summed E-state index contributed by atoms with van der Waals surface area (Å²) in [4.78, 5) is 31.6. The summed E-state index contributed by atoms with van der Waals surface area (Å²) in [7, 11) is 0. The van der Waals surface area contributed by atoms with Gasteiger partial charge in [-0.15, -0.1) is 0 Å². The number of hydrogen-bond acceptors (Lipinski definition) is 5. The van der Waals surface area contributed by atoms with Crippen LogP contribution in [-0.2, 0) is 4.74 Å². The molecule has 19 heavy (non-hydrogen) atoms. The molecule has 0 aliphatic heterocycles. The highest BCUT2D eigenvalue weighted by molar-refractivity contribution is 5.89. The second kappa shape index (κ2) is 5.47. The van der Waals surface area contributed by atoms with Crippen LogP contribution in [0, 0.1) is 0 Å². The number of amides is 1. The lowest BCUT2D eigenvalue weighted by Gasteiger charge is -2.20. The summed E-state index contributed by atoms with van der Waals surface area (Å²) >= 11 is 0. The number of hydrogen-bond donors (Lipinski definition) is 1. The molecular weight excluding hydrogens is 250 g/mol. The number of anilines is 1. The lowest BCUT2D eigenvalue weighted by atomic mass is 10.4. The topological polar surface area (TPSA) is 92.6 Å². The maximum absolute atomic E-state index is 11.9. The van der Waals surface area contributed by atoms with E-state index in [1.807, 2.05) is 0 Å². The number of carbonyl (C=O) groups excluding carboxylic acids is 1. The Morgan fingerprint density at radius 2 is 2.32 bits per heavy atom. The number of ether oxygens (including phenoxy) is 1. The van der Waals surface area contributed by atoms with Crippen molar-refractivity contribution in [1.82, 2.24) is 9.97 Å². The van der Waals surface area contributed by atoms with E-state index in [0.29, 0.717) is 0 Å². The molecule has 0 aromatic carbocycles. The van der Waals surface area contributed by atoms with Gasteiger partial charge in [-0.25, -0.2) is 19.6 Å². The van der Waals surface area contributed by atoms with Crippen molar-refractivity contribution in [2.45, 2.75) is 18.9 Å². The first-order valence-corrected chi connectivity index (χ1v) is 5.76. The Balaban J connectivity index is 2.23. The minimum absolute atomic E-state index is 0.00820. The Hall–Kier alpha value is -2.44. The van der Waals surface area contributed by atoms with Crippen LogP contribution >= 0.6 is 0 Å². The largest absolute Gasteiger partial charge is 0.475 e. The zero-order valence-electron chi connectivity index (χ0n) is 10.2. The minimum Gasteiger partial charge on any atom is -0.475 e. The molecule has 0 unspecified atom stereocenters. The fraction of sp³-hybridized carbons (Fsp3) is 0.333. The molecule has 1 N–H and O–H groups in total. The molecule has 1 fully saturated rings. The third kappa shape index (κ3) is 3.06. The molecule has 2 rings (SSSR count). The molecule has 100 valence electrons. The Kier molecular flexibility index (Phi) is 3.74. The van der Waals surface area contributed by atoms with Crippen molar-refractivity contribution in [3.05, 3.63) is 30.7 Å². The smallest absolute Gasteiger partial charge is 0.416 e. The van der Waals surface area contributed by atoms with Crippen molar-refractivity contribution in [1.29, 1.82) is 0 Å². The van der Waals surface area contributed by atoms with E-state index in [0.717, 1.165) is 12.8 Å². The fourth-order valence-electron chi connectivity index (χ4n) is 1.55. The average molecular weight is 263 g/mol. The van der Waals surface area contributed by atoms with E-state index in [-0.39, 0.29) is 24.3 Å². The van der Waals surface area contributed by atoms with Gasteiger partial charge in [0.2, 0.25) is 5.82 Å². The second-order valence-corrected chi connectivity index (χ2v) is 4.01. The maximum atomic E-state index is 11.9. The Morgan fingerprint density at radius 3 is 2.89 bits per heavy atom. The molecule has 1 aromatic heterocycles. The quantitative estimate of drug-likeness (QED) is 0.808. The minimum atomic E-state index is -1.24. The van der Waals surface area contributed by atoms with Crippen molar-refractivity contribution in [2.75, 3.05) is 11.5 Å². The molecule has 0 saturated heterocycles. The Bertz CT molecular complexity index is 513. The van der Waals surface area contributed by atoms with Crippen molar-refractivity contribution < 1.29 is 19.4 Å². The zero-order chi connectivity index (χ0) is 13.8. The molecule has 0 bridgehead atoms. The van der Waals surface area contributed by atoms with E-state index in [1.54, 1.807) is 0 Å². The standard InChI is InChI=1S/C12H13N3O4/c1-2-7-19-12(18)15(8-3-4-8)9-5-6-13-10(14-9)11(16)17/h2,5-6,8H,1,3-4,7H2,(H,16,17). The van der Waals surface area contributed by atoms with Gasteiger partial charge in [-0.1, -0.05) is 12.7 Å². The van der Waals surface area contributed by atoms with E-state index >= 15 is 0 Å². The Labute approximate surface area is 109 Å². The van der Waals surface area contributed by atoms with Gasteiger partial charge < -0.3 is 9.84 Å². The van der Waals surface area contributed by atoms with Crippen molar-refractivity contribution in [3.63, 3.8) is 0 Å². The van der Waals surface area contributed by atoms with Gasteiger partial charge in [-0.05, 0) is 18.9 Å². The lowest BCUT2D eigenvalue weighted by Crippen LogP contribution is -2.34. The van der Waals surface area contributed by atoms with Crippen LogP contribution in [-0.4, -0.2) is 39.8 Å². The van der Waals surface area contributed by atoms with E-state index in [1.165, 1.54) is 23.2 Å². The molecule has 7 nitrogen and oxygen atoms in total. The number of carboxylic acids is 1. The predicted octanol–water partition coefficient (Wildman–Crippen LogP) is 1.47. The van der Waals surface area contributed by atoms with Gasteiger partial charge >= 0.3 is 12.1 Å². The predicted molar refractivity (Wildman–Crippen MR) is 66.0 cm³/mol. The van der Waals surface area contributed by atoms with Crippen molar-refractivity contribution >= 4 is 17.9 Å². The molecule has 1 aromatic rings. The van der Waals surface area contributed by atoms with Crippen LogP contribution in [0.3, 0.4) is 0 Å². The molecule has 0 radical (unpaired) electrons. The molecule has 0 spiro atoms. The van der Waals surface area contributed by atoms with Crippen LogP contribution in [0.2, 0.25) is 0 Å². The first-order valence-electron chi connectivity index (χ1n) is 5.76. The molecule has 1 amide bonds. The molecule has 1 aliphatic carbocycles. The molecule has 0 atom stereocenters. The van der Waals surface area contributed by atoms with Crippen LogP contribution in [0.1, 0.15) is 23.5 Å².